The topological polar surface area (TPSA) is 49.6 Å². The number of anilines is 1. The van der Waals surface area contributed by atoms with E-state index >= 15 is 0 Å². The molecule has 1 saturated heterocycles. The van der Waals surface area contributed by atoms with Crippen LogP contribution in [0.15, 0.2) is 35.1 Å². The summed E-state index contributed by atoms with van der Waals surface area (Å²) in [6.45, 7) is 4.63. The van der Waals surface area contributed by atoms with E-state index in [9.17, 15) is 9.18 Å². The van der Waals surface area contributed by atoms with E-state index < -0.39 is 0 Å². The molecule has 0 atom stereocenters. The van der Waals surface area contributed by atoms with Crippen LogP contribution in [0, 0.1) is 12.7 Å². The fourth-order valence-corrected chi connectivity index (χ4v) is 2.61. The molecule has 5 nitrogen and oxygen atoms in total. The Bertz CT molecular complexity index is 646. The van der Waals surface area contributed by atoms with Gasteiger partial charge in [-0.15, -0.1) is 0 Å². The van der Waals surface area contributed by atoms with Crippen molar-refractivity contribution in [3.8, 4) is 0 Å². The fourth-order valence-electron chi connectivity index (χ4n) is 2.61. The Balaban J connectivity index is 1.56. The zero-order valence-electron chi connectivity index (χ0n) is 12.5. The summed E-state index contributed by atoms with van der Waals surface area (Å²) < 4.78 is 18.2. The molecule has 0 saturated carbocycles. The molecule has 22 heavy (non-hydrogen) atoms. The van der Waals surface area contributed by atoms with Gasteiger partial charge in [-0.3, -0.25) is 4.79 Å². The summed E-state index contributed by atoms with van der Waals surface area (Å²) in [6.07, 6.45) is 1.62. The first-order chi connectivity index (χ1) is 10.6. The lowest BCUT2D eigenvalue weighted by Crippen LogP contribution is -2.49. The van der Waals surface area contributed by atoms with Crippen molar-refractivity contribution >= 4 is 11.6 Å². The van der Waals surface area contributed by atoms with Crippen LogP contribution in [-0.2, 0) is 11.2 Å². The second kappa shape index (κ2) is 6.17. The Morgan fingerprint density at radius 3 is 2.50 bits per heavy atom. The predicted octanol–water partition coefficient (Wildman–Crippen LogP) is 2.01. The highest BCUT2D eigenvalue weighted by Crippen LogP contribution is 2.17. The number of amides is 1. The second-order valence-corrected chi connectivity index (χ2v) is 5.38. The molecule has 1 aliphatic heterocycles. The van der Waals surface area contributed by atoms with Crippen LogP contribution in [0.25, 0.3) is 0 Å². The third kappa shape index (κ3) is 3.10. The minimum Gasteiger partial charge on any atom is -0.448 e. The largest absolute Gasteiger partial charge is 0.448 e. The Kier molecular flexibility index (Phi) is 4.09. The number of hydrogen-bond donors (Lipinski definition) is 0. The number of rotatable bonds is 3. The minimum absolute atomic E-state index is 0.0543. The van der Waals surface area contributed by atoms with Gasteiger partial charge in [0.25, 0.3) is 0 Å². The van der Waals surface area contributed by atoms with Crippen molar-refractivity contribution < 1.29 is 13.6 Å². The Morgan fingerprint density at radius 2 is 1.91 bits per heavy atom. The Labute approximate surface area is 128 Å². The molecule has 1 amide bonds. The molecule has 2 heterocycles. The van der Waals surface area contributed by atoms with Crippen LogP contribution in [0.3, 0.4) is 0 Å². The molecule has 116 valence electrons. The molecular weight excluding hydrogens is 285 g/mol. The molecule has 0 radical (unpaired) electrons. The smallest absolute Gasteiger partial charge is 0.230 e. The van der Waals surface area contributed by atoms with Gasteiger partial charge in [0.05, 0.1) is 12.1 Å². The van der Waals surface area contributed by atoms with Crippen molar-refractivity contribution in [1.82, 2.24) is 9.88 Å². The first-order valence-corrected chi connectivity index (χ1v) is 7.31. The number of hydrogen-bond acceptors (Lipinski definition) is 4. The highest BCUT2D eigenvalue weighted by Gasteiger charge is 2.22. The van der Waals surface area contributed by atoms with Crippen molar-refractivity contribution in [3.63, 3.8) is 0 Å². The summed E-state index contributed by atoms with van der Waals surface area (Å²) in [5.41, 5.74) is 1.75. The van der Waals surface area contributed by atoms with E-state index in [-0.39, 0.29) is 18.1 Å². The number of carbonyl (C=O) groups excluding carboxylic acids is 1. The van der Waals surface area contributed by atoms with Crippen LogP contribution in [-0.4, -0.2) is 42.0 Å². The Morgan fingerprint density at radius 1 is 1.23 bits per heavy atom. The van der Waals surface area contributed by atoms with Gasteiger partial charge in [0, 0.05) is 31.9 Å². The monoisotopic (exact) mass is 303 g/mol. The maximum atomic E-state index is 12.9. The van der Waals surface area contributed by atoms with Crippen molar-refractivity contribution in [2.45, 2.75) is 13.3 Å². The third-order valence-corrected chi connectivity index (χ3v) is 3.98. The van der Waals surface area contributed by atoms with Crippen LogP contribution in [0.4, 0.5) is 10.1 Å². The second-order valence-electron chi connectivity index (χ2n) is 5.38. The van der Waals surface area contributed by atoms with Gasteiger partial charge >= 0.3 is 0 Å². The van der Waals surface area contributed by atoms with Gasteiger partial charge in [0.1, 0.15) is 11.6 Å². The Hall–Kier alpha value is -2.37. The van der Waals surface area contributed by atoms with E-state index in [0.717, 1.165) is 24.5 Å². The molecule has 0 bridgehead atoms. The van der Waals surface area contributed by atoms with Crippen LogP contribution in [0.5, 0.6) is 0 Å². The zero-order valence-corrected chi connectivity index (χ0v) is 12.5. The summed E-state index contributed by atoms with van der Waals surface area (Å²) in [6, 6.07) is 6.45. The molecule has 1 aromatic carbocycles. The summed E-state index contributed by atoms with van der Waals surface area (Å²) in [5, 5.41) is 0. The average Bonchev–Trinajstić information content (AvgIpc) is 2.93. The molecule has 1 fully saturated rings. The summed E-state index contributed by atoms with van der Waals surface area (Å²) in [7, 11) is 0. The first kappa shape index (κ1) is 14.6. The van der Waals surface area contributed by atoms with Gasteiger partial charge < -0.3 is 14.2 Å². The van der Waals surface area contributed by atoms with Gasteiger partial charge in [0.15, 0.2) is 6.39 Å². The standard InChI is InChI=1S/C16H18FN3O2/c1-12-15(22-11-18-12)10-16(21)20-8-6-19(7-9-20)14-4-2-13(17)3-5-14/h2-5,11H,6-10H2,1H3. The molecular formula is C16H18FN3O2. The van der Waals surface area contributed by atoms with Crippen LogP contribution >= 0.6 is 0 Å². The maximum Gasteiger partial charge on any atom is 0.230 e. The molecule has 1 aliphatic rings. The van der Waals surface area contributed by atoms with Gasteiger partial charge in [0.2, 0.25) is 5.91 Å². The number of aryl methyl sites for hydroxylation is 1. The first-order valence-electron chi connectivity index (χ1n) is 7.31. The average molecular weight is 303 g/mol. The van der Waals surface area contributed by atoms with Crippen molar-refractivity contribution in [2.24, 2.45) is 0 Å². The van der Waals surface area contributed by atoms with E-state index in [4.69, 9.17) is 4.42 Å². The van der Waals surface area contributed by atoms with Crippen molar-refractivity contribution in [3.05, 3.63) is 47.9 Å². The van der Waals surface area contributed by atoms with Gasteiger partial charge in [-0.2, -0.15) is 0 Å². The van der Waals surface area contributed by atoms with E-state index in [0.29, 0.717) is 18.8 Å². The summed E-state index contributed by atoms with van der Waals surface area (Å²) in [4.78, 5) is 20.3. The number of halogens is 1. The SMILES string of the molecule is Cc1ncoc1CC(=O)N1CCN(c2ccc(F)cc2)CC1. The highest BCUT2D eigenvalue weighted by molar-refractivity contribution is 5.78. The zero-order chi connectivity index (χ0) is 15.5. The van der Waals surface area contributed by atoms with E-state index in [1.807, 2.05) is 11.8 Å². The molecule has 3 rings (SSSR count). The van der Waals surface area contributed by atoms with Crippen LogP contribution in [0.2, 0.25) is 0 Å². The van der Waals surface area contributed by atoms with Gasteiger partial charge in [-0.05, 0) is 31.2 Å². The van der Waals surface area contributed by atoms with E-state index in [1.54, 1.807) is 12.1 Å². The number of piperazine rings is 1. The predicted molar refractivity (Wildman–Crippen MR) is 80.1 cm³/mol. The summed E-state index contributed by atoms with van der Waals surface area (Å²) in [5.74, 6) is 0.449. The number of nitrogens with zero attached hydrogens (tertiary/aromatic N) is 3. The van der Waals surface area contributed by atoms with E-state index in [2.05, 4.69) is 9.88 Å². The quantitative estimate of drug-likeness (QED) is 0.870. The van der Waals surface area contributed by atoms with Gasteiger partial charge in [-0.25, -0.2) is 9.37 Å². The number of oxazole rings is 1. The number of aromatic nitrogens is 1. The van der Waals surface area contributed by atoms with E-state index in [1.165, 1.54) is 18.5 Å². The van der Waals surface area contributed by atoms with Crippen molar-refractivity contribution in [1.29, 1.82) is 0 Å². The number of benzene rings is 1. The molecule has 0 aliphatic carbocycles. The molecule has 0 unspecified atom stereocenters. The minimum atomic E-state index is -0.236. The number of carbonyl (C=O) groups is 1. The van der Waals surface area contributed by atoms with Crippen LogP contribution in [0.1, 0.15) is 11.5 Å². The normalized spacial score (nSPS) is 15.2. The maximum absolute atomic E-state index is 12.9. The van der Waals surface area contributed by atoms with Gasteiger partial charge in [-0.1, -0.05) is 0 Å². The fraction of sp³-hybridized carbons (Fsp3) is 0.375. The molecule has 0 N–H and O–H groups in total. The molecule has 0 spiro atoms. The lowest BCUT2D eigenvalue weighted by molar-refractivity contribution is -0.131. The third-order valence-electron chi connectivity index (χ3n) is 3.98. The molecule has 1 aromatic heterocycles. The molecule has 2 aromatic rings. The van der Waals surface area contributed by atoms with Crippen LogP contribution < -0.4 is 4.90 Å². The molecule has 6 heteroatoms. The lowest BCUT2D eigenvalue weighted by Gasteiger charge is -2.36. The lowest BCUT2D eigenvalue weighted by atomic mass is 10.2. The highest BCUT2D eigenvalue weighted by atomic mass is 19.1. The summed E-state index contributed by atoms with van der Waals surface area (Å²) >= 11 is 0. The van der Waals surface area contributed by atoms with Crippen molar-refractivity contribution in [2.75, 3.05) is 31.1 Å².